The predicted octanol–water partition coefficient (Wildman–Crippen LogP) is 2.90. The van der Waals surface area contributed by atoms with E-state index in [9.17, 15) is 13.6 Å². The number of halogens is 2. The molecule has 0 saturated carbocycles. The Morgan fingerprint density at radius 3 is 2.92 bits per heavy atom. The molecule has 7 heteroatoms. The molecule has 5 nitrogen and oxygen atoms in total. The lowest BCUT2D eigenvalue weighted by Crippen LogP contribution is -2.17. The minimum Gasteiger partial charge on any atom is -0.489 e. The van der Waals surface area contributed by atoms with E-state index in [1.165, 1.54) is 31.2 Å². The van der Waals surface area contributed by atoms with Crippen molar-refractivity contribution in [3.63, 3.8) is 0 Å². The van der Waals surface area contributed by atoms with Gasteiger partial charge in [-0.1, -0.05) is 6.07 Å². The van der Waals surface area contributed by atoms with E-state index in [2.05, 4.69) is 16.2 Å². The third-order valence-electron chi connectivity index (χ3n) is 3.14. The molecular weight excluding hydrogens is 316 g/mol. The highest BCUT2D eigenvalue weighted by molar-refractivity contribution is 6.07. The predicted molar refractivity (Wildman–Crippen MR) is 86.6 cm³/mol. The standard InChI is InChI=1S/C17H15F2N3O2/c1-3-4-8-24-13-7-5-6-12(14(13)18)21-17(23)11-9-10(2)15(19)22-16(11)20/h1,5-7,9H,4,8H2,2H3,(H2,20,22)(H,21,23). The quantitative estimate of drug-likeness (QED) is 0.502. The first-order chi connectivity index (χ1) is 11.4. The van der Waals surface area contributed by atoms with Gasteiger partial charge in [-0.2, -0.15) is 4.39 Å². The number of hydrogen-bond acceptors (Lipinski definition) is 4. The van der Waals surface area contributed by atoms with Gasteiger partial charge in [-0.3, -0.25) is 4.79 Å². The SMILES string of the molecule is C#CCCOc1cccc(NC(=O)c2cc(C)c(F)nc2N)c1F. The molecule has 2 aromatic rings. The zero-order chi connectivity index (χ0) is 17.7. The molecule has 3 N–H and O–H groups in total. The number of pyridine rings is 1. The highest BCUT2D eigenvalue weighted by atomic mass is 19.1. The average Bonchev–Trinajstić information content (AvgIpc) is 2.54. The van der Waals surface area contributed by atoms with Crippen LogP contribution in [0.15, 0.2) is 24.3 Å². The topological polar surface area (TPSA) is 77.2 Å². The van der Waals surface area contributed by atoms with Gasteiger partial charge < -0.3 is 15.8 Å². The molecule has 0 bridgehead atoms. The zero-order valence-electron chi connectivity index (χ0n) is 12.9. The summed E-state index contributed by atoms with van der Waals surface area (Å²) in [4.78, 5) is 15.7. The first kappa shape index (κ1) is 17.2. The van der Waals surface area contributed by atoms with Gasteiger partial charge in [0.2, 0.25) is 5.95 Å². The molecule has 0 saturated heterocycles. The molecule has 24 heavy (non-hydrogen) atoms. The molecule has 0 atom stereocenters. The molecule has 2 rings (SSSR count). The number of hydrogen-bond donors (Lipinski definition) is 2. The van der Waals surface area contributed by atoms with Crippen molar-refractivity contribution in [1.82, 2.24) is 4.98 Å². The number of anilines is 2. The maximum Gasteiger partial charge on any atom is 0.259 e. The van der Waals surface area contributed by atoms with Crippen LogP contribution in [0, 0.1) is 31.0 Å². The Morgan fingerprint density at radius 1 is 1.46 bits per heavy atom. The average molecular weight is 331 g/mol. The normalized spacial score (nSPS) is 10.1. The number of amides is 1. The Hall–Kier alpha value is -3.14. The number of aryl methyl sites for hydroxylation is 1. The molecule has 0 spiro atoms. The fourth-order valence-corrected chi connectivity index (χ4v) is 1.91. The van der Waals surface area contributed by atoms with E-state index in [1.54, 1.807) is 0 Å². The smallest absolute Gasteiger partial charge is 0.259 e. The van der Waals surface area contributed by atoms with E-state index in [4.69, 9.17) is 16.9 Å². The van der Waals surface area contributed by atoms with Crippen LogP contribution in [0.3, 0.4) is 0 Å². The van der Waals surface area contributed by atoms with Gasteiger partial charge in [-0.25, -0.2) is 9.37 Å². The highest BCUT2D eigenvalue weighted by Crippen LogP contribution is 2.25. The maximum absolute atomic E-state index is 14.3. The molecule has 124 valence electrons. The fourth-order valence-electron chi connectivity index (χ4n) is 1.91. The van der Waals surface area contributed by atoms with E-state index >= 15 is 0 Å². The van der Waals surface area contributed by atoms with Crippen molar-refractivity contribution in [2.45, 2.75) is 13.3 Å². The Balaban J connectivity index is 2.22. The number of terminal acetylenes is 1. The lowest BCUT2D eigenvalue weighted by Gasteiger charge is -2.11. The van der Waals surface area contributed by atoms with Crippen LogP contribution in [0.2, 0.25) is 0 Å². The number of carbonyl (C=O) groups is 1. The van der Waals surface area contributed by atoms with Gasteiger partial charge in [-0.05, 0) is 25.1 Å². The van der Waals surface area contributed by atoms with Gasteiger partial charge in [0.25, 0.3) is 5.91 Å². The molecule has 1 heterocycles. The summed E-state index contributed by atoms with van der Waals surface area (Å²) in [7, 11) is 0. The number of rotatable bonds is 5. The number of nitrogens with one attached hydrogen (secondary N) is 1. The van der Waals surface area contributed by atoms with E-state index in [-0.39, 0.29) is 35.0 Å². The molecule has 1 aromatic carbocycles. The summed E-state index contributed by atoms with van der Waals surface area (Å²) in [5, 5.41) is 2.37. The third kappa shape index (κ3) is 3.79. The minimum atomic E-state index is -0.765. The molecule has 1 amide bonds. The fraction of sp³-hybridized carbons (Fsp3) is 0.176. The molecule has 0 radical (unpaired) electrons. The summed E-state index contributed by atoms with van der Waals surface area (Å²) in [5.74, 6) is -0.157. The van der Waals surface area contributed by atoms with Crippen LogP contribution in [0.25, 0.3) is 0 Å². The Kier molecular flexibility index (Phi) is 5.32. The van der Waals surface area contributed by atoms with E-state index in [1.807, 2.05) is 0 Å². The molecular formula is C17H15F2N3O2. The van der Waals surface area contributed by atoms with Crippen LogP contribution >= 0.6 is 0 Å². The number of ether oxygens (including phenoxy) is 1. The first-order valence-corrected chi connectivity index (χ1v) is 7.02. The van der Waals surface area contributed by atoms with Gasteiger partial charge in [0.15, 0.2) is 11.6 Å². The minimum absolute atomic E-state index is 0.0376. The largest absolute Gasteiger partial charge is 0.489 e. The van der Waals surface area contributed by atoms with Gasteiger partial charge in [0.05, 0.1) is 17.9 Å². The number of nitrogens with zero attached hydrogens (tertiary/aromatic N) is 1. The monoisotopic (exact) mass is 331 g/mol. The van der Waals surface area contributed by atoms with E-state index in [0.717, 1.165) is 0 Å². The highest BCUT2D eigenvalue weighted by Gasteiger charge is 2.17. The van der Waals surface area contributed by atoms with Crippen LogP contribution in [0.1, 0.15) is 22.3 Å². The van der Waals surface area contributed by atoms with Crippen LogP contribution < -0.4 is 15.8 Å². The second-order valence-electron chi connectivity index (χ2n) is 4.90. The second-order valence-corrected chi connectivity index (χ2v) is 4.90. The van der Waals surface area contributed by atoms with Crippen LogP contribution in [-0.2, 0) is 0 Å². The summed E-state index contributed by atoms with van der Waals surface area (Å²) >= 11 is 0. The second kappa shape index (κ2) is 7.42. The van der Waals surface area contributed by atoms with Crippen LogP contribution in [0.4, 0.5) is 20.3 Å². The number of nitrogens with two attached hydrogens (primary N) is 1. The number of benzene rings is 1. The summed E-state index contributed by atoms with van der Waals surface area (Å²) in [6.07, 6.45) is 5.43. The number of nitrogen functional groups attached to an aromatic ring is 1. The zero-order valence-corrected chi connectivity index (χ0v) is 12.9. The maximum atomic E-state index is 14.3. The van der Waals surface area contributed by atoms with E-state index in [0.29, 0.717) is 6.42 Å². The Morgan fingerprint density at radius 2 is 2.21 bits per heavy atom. The van der Waals surface area contributed by atoms with Crippen LogP contribution in [0.5, 0.6) is 5.75 Å². The van der Waals surface area contributed by atoms with Crippen molar-refractivity contribution in [2.24, 2.45) is 0 Å². The Labute approximate surface area is 137 Å². The van der Waals surface area contributed by atoms with Gasteiger partial charge >= 0.3 is 0 Å². The van der Waals surface area contributed by atoms with Gasteiger partial charge in [0, 0.05) is 12.0 Å². The van der Waals surface area contributed by atoms with Gasteiger partial charge in [-0.15, -0.1) is 12.3 Å². The van der Waals surface area contributed by atoms with Crippen molar-refractivity contribution in [3.05, 3.63) is 47.2 Å². The summed E-state index contributed by atoms with van der Waals surface area (Å²) < 4.78 is 32.8. The molecule has 0 fully saturated rings. The van der Waals surface area contributed by atoms with Crippen molar-refractivity contribution < 1.29 is 18.3 Å². The molecule has 0 unspecified atom stereocenters. The van der Waals surface area contributed by atoms with Crippen LogP contribution in [-0.4, -0.2) is 17.5 Å². The summed E-state index contributed by atoms with van der Waals surface area (Å²) in [6, 6.07) is 5.54. The Bertz CT molecular complexity index is 816. The first-order valence-electron chi connectivity index (χ1n) is 7.02. The number of carbonyl (C=O) groups excluding carboxylic acids is 1. The molecule has 0 aliphatic heterocycles. The summed E-state index contributed by atoms with van der Waals surface area (Å²) in [5.41, 5.74) is 5.55. The summed E-state index contributed by atoms with van der Waals surface area (Å²) in [6.45, 7) is 1.60. The molecule has 0 aliphatic carbocycles. The third-order valence-corrected chi connectivity index (χ3v) is 3.14. The van der Waals surface area contributed by atoms with Gasteiger partial charge in [0.1, 0.15) is 5.82 Å². The van der Waals surface area contributed by atoms with Crippen molar-refractivity contribution >= 4 is 17.4 Å². The lowest BCUT2D eigenvalue weighted by molar-refractivity contribution is 0.102. The lowest BCUT2D eigenvalue weighted by atomic mass is 10.1. The number of aromatic nitrogens is 1. The molecule has 0 aliphatic rings. The van der Waals surface area contributed by atoms with Crippen molar-refractivity contribution in [2.75, 3.05) is 17.7 Å². The van der Waals surface area contributed by atoms with E-state index < -0.39 is 17.7 Å². The van der Waals surface area contributed by atoms with Crippen molar-refractivity contribution in [1.29, 1.82) is 0 Å². The van der Waals surface area contributed by atoms with Crippen molar-refractivity contribution in [3.8, 4) is 18.1 Å². The molecule has 1 aromatic heterocycles.